The largest absolute Gasteiger partial charge is 0.389 e. The molecule has 0 aliphatic heterocycles. The normalized spacial score (nSPS) is 53.1. The summed E-state index contributed by atoms with van der Waals surface area (Å²) in [5, 5.41) is 12.1. The third kappa shape index (κ3) is 2.31. The van der Waals surface area contributed by atoms with Crippen LogP contribution in [0, 0.1) is 46.3 Å². The molecule has 0 spiro atoms. The summed E-state index contributed by atoms with van der Waals surface area (Å²) in [5.74, 6) is 4.43. The summed E-state index contributed by atoms with van der Waals surface area (Å²) in [7, 11) is 3.39. The Hall–Kier alpha value is -0.710. The maximum atomic E-state index is 12.3. The fourth-order valence-electron chi connectivity index (χ4n) is 9.57. The molecule has 9 atom stereocenters. The number of allylic oxidation sites excluding steroid dienone is 2. The van der Waals surface area contributed by atoms with Gasteiger partial charge in [-0.3, -0.25) is 4.79 Å². The highest BCUT2D eigenvalue weighted by molar-refractivity contribution is 5.83. The molecule has 1 N–H and O–H groups in total. The highest BCUT2D eigenvalue weighted by Crippen LogP contribution is 2.80. The first-order valence-electron chi connectivity index (χ1n) is 12.3. The van der Waals surface area contributed by atoms with Crippen molar-refractivity contribution in [1.29, 1.82) is 0 Å². The van der Waals surface area contributed by atoms with Gasteiger partial charge in [-0.05, 0) is 84.9 Å². The lowest BCUT2D eigenvalue weighted by Gasteiger charge is -2.59. The van der Waals surface area contributed by atoms with Gasteiger partial charge in [0.1, 0.15) is 5.78 Å². The maximum absolute atomic E-state index is 12.3. The fourth-order valence-corrected chi connectivity index (χ4v) is 9.57. The molecule has 6 rings (SSSR count). The summed E-state index contributed by atoms with van der Waals surface area (Å²) >= 11 is 0. The van der Waals surface area contributed by atoms with Gasteiger partial charge in [-0.15, -0.1) is 0 Å². The number of rotatable bonds is 5. The van der Waals surface area contributed by atoms with Crippen molar-refractivity contribution in [3.8, 4) is 0 Å². The van der Waals surface area contributed by atoms with E-state index in [1.165, 1.54) is 19.3 Å². The number of ether oxygens (including phenoxy) is 2. The van der Waals surface area contributed by atoms with E-state index in [0.717, 1.165) is 44.4 Å². The lowest BCUT2D eigenvalue weighted by molar-refractivity contribution is -0.167. The van der Waals surface area contributed by atoms with Crippen LogP contribution in [0.5, 0.6) is 0 Å². The molecular formula is C26H38O4. The lowest BCUT2D eigenvalue weighted by atomic mass is 9.45. The van der Waals surface area contributed by atoms with E-state index in [0.29, 0.717) is 35.4 Å². The zero-order valence-corrected chi connectivity index (χ0v) is 19.1. The molecule has 0 aromatic rings. The van der Waals surface area contributed by atoms with Crippen LogP contribution in [0.1, 0.15) is 71.6 Å². The second-order valence-corrected chi connectivity index (χ2v) is 12.0. The van der Waals surface area contributed by atoms with Crippen molar-refractivity contribution in [2.75, 3.05) is 14.2 Å². The van der Waals surface area contributed by atoms with Crippen LogP contribution in [0.25, 0.3) is 0 Å². The molecule has 4 heteroatoms. The van der Waals surface area contributed by atoms with Gasteiger partial charge in [-0.25, -0.2) is 0 Å². The van der Waals surface area contributed by atoms with Gasteiger partial charge in [0.25, 0.3) is 0 Å². The van der Waals surface area contributed by atoms with Crippen LogP contribution in [-0.4, -0.2) is 37.0 Å². The second kappa shape index (κ2) is 6.20. The summed E-state index contributed by atoms with van der Waals surface area (Å²) in [4.78, 5) is 12.3. The standard InChI is InChI=1S/C26H38O4/c1-24-8-5-14(27)11-19(24)15-12-16(15)22-18(24)6-9-25(2)23(22)17-13-20(17)26(25,28)10-7-21(29-3)30-4/h16-18,20-23,28H,5-13H2,1-4H3/t16-,17+,18?,20-,22?,23?,24+,25-,26-/m0/s1. The molecule has 5 saturated carbocycles. The lowest BCUT2D eigenvalue weighted by Crippen LogP contribution is -2.57. The average Bonchev–Trinajstić information content (AvgIpc) is 3.63. The van der Waals surface area contributed by atoms with Crippen LogP contribution in [0.4, 0.5) is 0 Å². The van der Waals surface area contributed by atoms with Gasteiger partial charge >= 0.3 is 0 Å². The van der Waals surface area contributed by atoms with E-state index in [-0.39, 0.29) is 17.1 Å². The van der Waals surface area contributed by atoms with Gasteiger partial charge < -0.3 is 14.6 Å². The van der Waals surface area contributed by atoms with Crippen LogP contribution in [-0.2, 0) is 14.3 Å². The van der Waals surface area contributed by atoms with Gasteiger partial charge in [0, 0.05) is 33.5 Å². The van der Waals surface area contributed by atoms with Crippen molar-refractivity contribution in [1.82, 2.24) is 0 Å². The molecule has 166 valence electrons. The molecule has 0 saturated heterocycles. The number of ketones is 1. The van der Waals surface area contributed by atoms with Crippen LogP contribution in [0.3, 0.4) is 0 Å². The molecule has 0 aromatic heterocycles. The molecule has 4 nitrogen and oxygen atoms in total. The molecule has 6 aliphatic rings. The van der Waals surface area contributed by atoms with Crippen molar-refractivity contribution >= 4 is 5.78 Å². The Bertz CT molecular complexity index is 814. The van der Waals surface area contributed by atoms with Crippen molar-refractivity contribution in [3.05, 3.63) is 11.1 Å². The predicted octanol–water partition coefficient (Wildman–Crippen LogP) is 4.50. The number of carbonyl (C=O) groups is 1. The summed E-state index contributed by atoms with van der Waals surface area (Å²) in [6, 6.07) is 0. The predicted molar refractivity (Wildman–Crippen MR) is 113 cm³/mol. The summed E-state index contributed by atoms with van der Waals surface area (Å²) in [6.45, 7) is 4.91. The van der Waals surface area contributed by atoms with Crippen molar-refractivity contribution < 1.29 is 19.4 Å². The number of carbonyl (C=O) groups excluding carboxylic acids is 1. The average molecular weight is 415 g/mol. The monoisotopic (exact) mass is 414 g/mol. The fraction of sp³-hybridized carbons (Fsp3) is 0.885. The Balaban J connectivity index is 1.33. The maximum Gasteiger partial charge on any atom is 0.156 e. The number of Topliss-reactive ketones (excluding diaryl/α,β-unsaturated/α-hetero) is 1. The number of hydrogen-bond acceptors (Lipinski definition) is 4. The van der Waals surface area contributed by atoms with E-state index in [4.69, 9.17) is 9.47 Å². The first-order chi connectivity index (χ1) is 14.3. The van der Waals surface area contributed by atoms with E-state index < -0.39 is 5.60 Å². The highest BCUT2D eigenvalue weighted by Gasteiger charge is 2.77. The van der Waals surface area contributed by atoms with Gasteiger partial charge in [0.15, 0.2) is 6.29 Å². The topological polar surface area (TPSA) is 55.8 Å². The molecule has 6 aliphatic carbocycles. The number of aliphatic hydroxyl groups is 1. The Morgan fingerprint density at radius 1 is 1.17 bits per heavy atom. The molecule has 30 heavy (non-hydrogen) atoms. The first kappa shape index (κ1) is 19.9. The molecule has 0 amide bonds. The van der Waals surface area contributed by atoms with E-state index in [2.05, 4.69) is 13.8 Å². The smallest absolute Gasteiger partial charge is 0.156 e. The molecular weight excluding hydrogens is 376 g/mol. The van der Waals surface area contributed by atoms with Gasteiger partial charge in [0.2, 0.25) is 0 Å². The minimum atomic E-state index is -0.578. The van der Waals surface area contributed by atoms with E-state index in [1.807, 2.05) is 0 Å². The van der Waals surface area contributed by atoms with Crippen LogP contribution in [0.15, 0.2) is 11.1 Å². The third-order valence-electron chi connectivity index (χ3n) is 11.2. The first-order valence-corrected chi connectivity index (χ1v) is 12.3. The molecule has 0 radical (unpaired) electrons. The van der Waals surface area contributed by atoms with Crippen molar-refractivity contribution in [3.63, 3.8) is 0 Å². The highest BCUT2D eigenvalue weighted by atomic mass is 16.7. The molecule has 0 heterocycles. The Morgan fingerprint density at radius 3 is 2.67 bits per heavy atom. The molecule has 5 fully saturated rings. The van der Waals surface area contributed by atoms with Gasteiger partial charge in [-0.1, -0.05) is 25.0 Å². The summed E-state index contributed by atoms with van der Waals surface area (Å²) < 4.78 is 10.9. The SMILES string of the molecule is COC(CC[C@]1(O)[C@H]2C[C@H]2C2C3C(CC[C@@]21C)[C@@]1(C)CCC(=O)CC1=C1C[C@@H]13)OC. The molecule has 3 unspecified atom stereocenters. The number of hydrogen-bond donors (Lipinski definition) is 1. The Kier molecular flexibility index (Phi) is 4.12. The van der Waals surface area contributed by atoms with Crippen LogP contribution >= 0.6 is 0 Å². The van der Waals surface area contributed by atoms with Crippen molar-refractivity contribution in [2.45, 2.75) is 83.5 Å². The Morgan fingerprint density at radius 2 is 1.93 bits per heavy atom. The summed E-state index contributed by atoms with van der Waals surface area (Å²) in [5.41, 5.74) is 2.88. The number of methoxy groups -OCH3 is 2. The van der Waals surface area contributed by atoms with Gasteiger partial charge in [0.05, 0.1) is 5.60 Å². The van der Waals surface area contributed by atoms with E-state index >= 15 is 0 Å². The van der Waals surface area contributed by atoms with Crippen molar-refractivity contribution in [2.24, 2.45) is 46.3 Å². The zero-order chi connectivity index (χ0) is 21.1. The van der Waals surface area contributed by atoms with E-state index in [1.54, 1.807) is 25.4 Å². The van der Waals surface area contributed by atoms with Crippen LogP contribution < -0.4 is 0 Å². The molecule has 0 bridgehead atoms. The van der Waals surface area contributed by atoms with Crippen LogP contribution in [0.2, 0.25) is 0 Å². The Labute approximate surface area is 180 Å². The number of fused-ring (bicyclic) bond motifs is 9. The molecule has 0 aromatic carbocycles. The minimum absolute atomic E-state index is 0.0137. The quantitative estimate of drug-likeness (QED) is 0.531. The zero-order valence-electron chi connectivity index (χ0n) is 19.1. The third-order valence-corrected chi connectivity index (χ3v) is 11.2. The summed E-state index contributed by atoms with van der Waals surface area (Å²) in [6.07, 6.45) is 8.68. The van der Waals surface area contributed by atoms with Gasteiger partial charge in [-0.2, -0.15) is 0 Å². The second-order valence-electron chi connectivity index (χ2n) is 12.0. The minimum Gasteiger partial charge on any atom is -0.389 e. The van der Waals surface area contributed by atoms with E-state index in [9.17, 15) is 9.90 Å².